The van der Waals surface area contributed by atoms with Crippen LogP contribution in [0.5, 0.6) is 6.01 Å². The number of pyridine rings is 2. The van der Waals surface area contributed by atoms with Crippen LogP contribution in [0.4, 0.5) is 27.8 Å². The first-order valence-electron chi connectivity index (χ1n) is 12.9. The molecule has 1 aliphatic heterocycles. The third-order valence-corrected chi connectivity index (χ3v) is 6.87. The molecule has 1 aromatic carbocycles. The van der Waals surface area contributed by atoms with Gasteiger partial charge in [0, 0.05) is 49.2 Å². The first-order chi connectivity index (χ1) is 20.7. The fourth-order valence-electron chi connectivity index (χ4n) is 4.85. The first-order valence-corrected chi connectivity index (χ1v) is 12.9. The van der Waals surface area contributed by atoms with Crippen molar-refractivity contribution in [1.82, 2.24) is 24.8 Å². The molecule has 14 heteroatoms. The molecule has 1 atom stereocenters. The van der Waals surface area contributed by atoms with E-state index in [2.05, 4.69) is 19.9 Å². The number of rotatable bonds is 7. The van der Waals surface area contributed by atoms with Gasteiger partial charge < -0.3 is 14.5 Å². The average molecular weight is 596 g/mol. The fourth-order valence-corrected chi connectivity index (χ4v) is 4.85. The van der Waals surface area contributed by atoms with E-state index < -0.39 is 52.7 Å². The standard InChI is InChI=1S/C29H22F5N7O2/c1-43-29-38-25-21(14-37-24(23(25)32)20-12-16(30)5-6-19(20)26(33)34)27(39-29)40-10-11-41(18(15-40)7-8-35)28(42)22(31)13-17-4-2-3-9-36-17/h2-6,9,12-14,18,26H,7,10-11,15H2,1H3/b22-13-. The number of ether oxygens (including phenoxy) is 1. The van der Waals surface area contributed by atoms with Gasteiger partial charge in [0.15, 0.2) is 11.6 Å². The normalized spacial score (nSPS) is 15.6. The molecule has 220 valence electrons. The topological polar surface area (TPSA) is 108 Å². The van der Waals surface area contributed by atoms with Crippen LogP contribution in [0, 0.1) is 23.0 Å². The summed E-state index contributed by atoms with van der Waals surface area (Å²) in [5, 5.41) is 9.53. The van der Waals surface area contributed by atoms with E-state index in [1.54, 1.807) is 17.0 Å². The Labute approximate surface area is 241 Å². The summed E-state index contributed by atoms with van der Waals surface area (Å²) in [6.45, 7) is 0.0916. The van der Waals surface area contributed by atoms with Gasteiger partial charge >= 0.3 is 6.01 Å². The lowest BCUT2D eigenvalue weighted by Crippen LogP contribution is -2.55. The third kappa shape index (κ3) is 5.92. The van der Waals surface area contributed by atoms with Crippen LogP contribution in [-0.4, -0.2) is 63.5 Å². The number of amides is 1. The minimum absolute atomic E-state index is 0.00817. The number of nitrogens with zero attached hydrogens (tertiary/aromatic N) is 7. The van der Waals surface area contributed by atoms with E-state index in [4.69, 9.17) is 4.74 Å². The van der Waals surface area contributed by atoms with Crippen molar-refractivity contribution >= 4 is 28.7 Å². The Morgan fingerprint density at radius 2 is 2.00 bits per heavy atom. The largest absolute Gasteiger partial charge is 0.467 e. The number of carbonyl (C=O) groups is 1. The van der Waals surface area contributed by atoms with Crippen LogP contribution in [0.25, 0.3) is 28.2 Å². The second-order valence-corrected chi connectivity index (χ2v) is 9.46. The van der Waals surface area contributed by atoms with Crippen molar-refractivity contribution in [2.24, 2.45) is 0 Å². The van der Waals surface area contributed by atoms with Crippen molar-refractivity contribution in [3.63, 3.8) is 0 Å². The molecule has 1 saturated heterocycles. The zero-order valence-corrected chi connectivity index (χ0v) is 22.5. The molecule has 0 radical (unpaired) electrons. The maximum Gasteiger partial charge on any atom is 0.318 e. The number of nitriles is 1. The summed E-state index contributed by atoms with van der Waals surface area (Å²) in [5.41, 5.74) is -1.66. The highest BCUT2D eigenvalue weighted by atomic mass is 19.3. The lowest BCUT2D eigenvalue weighted by molar-refractivity contribution is -0.131. The molecule has 9 nitrogen and oxygen atoms in total. The van der Waals surface area contributed by atoms with Gasteiger partial charge in [0.1, 0.15) is 22.8 Å². The van der Waals surface area contributed by atoms with Crippen LogP contribution in [-0.2, 0) is 4.79 Å². The highest BCUT2D eigenvalue weighted by Gasteiger charge is 2.34. The molecule has 43 heavy (non-hydrogen) atoms. The SMILES string of the molecule is COc1nc(N2CCN(C(=O)/C(F)=C/c3ccccn3)C(CC#N)C2)c2cnc(-c3cc(F)ccc3C(F)F)c(F)c2n1. The molecule has 4 heterocycles. The van der Waals surface area contributed by atoms with Crippen LogP contribution < -0.4 is 9.64 Å². The minimum Gasteiger partial charge on any atom is -0.467 e. The Kier molecular flexibility index (Phi) is 8.42. The minimum atomic E-state index is -3.03. The third-order valence-electron chi connectivity index (χ3n) is 6.87. The van der Waals surface area contributed by atoms with Crippen LogP contribution in [0.3, 0.4) is 0 Å². The lowest BCUT2D eigenvalue weighted by atomic mass is 10.0. The monoisotopic (exact) mass is 595 g/mol. The summed E-state index contributed by atoms with van der Waals surface area (Å²) < 4.78 is 77.3. The molecule has 0 spiro atoms. The number of fused-ring (bicyclic) bond motifs is 1. The smallest absolute Gasteiger partial charge is 0.318 e. The number of aromatic nitrogens is 4. The Bertz CT molecular complexity index is 1750. The van der Waals surface area contributed by atoms with Crippen molar-refractivity contribution in [3.8, 4) is 23.3 Å². The zero-order chi connectivity index (χ0) is 30.7. The fraction of sp³-hybridized carbons (Fsp3) is 0.241. The molecule has 1 aliphatic rings. The number of methoxy groups -OCH3 is 1. The molecule has 5 rings (SSSR count). The summed E-state index contributed by atoms with van der Waals surface area (Å²) in [4.78, 5) is 32.3. The molecular weight excluding hydrogens is 573 g/mol. The van der Waals surface area contributed by atoms with E-state index in [-0.39, 0.29) is 54.5 Å². The number of piperazine rings is 1. The van der Waals surface area contributed by atoms with Crippen molar-refractivity contribution in [2.45, 2.75) is 18.9 Å². The van der Waals surface area contributed by atoms with Gasteiger partial charge in [-0.2, -0.15) is 15.2 Å². The number of anilines is 1. The Morgan fingerprint density at radius 1 is 1.19 bits per heavy atom. The number of hydrogen-bond donors (Lipinski definition) is 0. The van der Waals surface area contributed by atoms with Crippen LogP contribution in [0.15, 0.2) is 54.6 Å². The zero-order valence-electron chi connectivity index (χ0n) is 22.5. The van der Waals surface area contributed by atoms with Crippen molar-refractivity contribution < 1.29 is 31.5 Å². The quantitative estimate of drug-likeness (QED) is 0.211. The van der Waals surface area contributed by atoms with E-state index in [0.717, 1.165) is 24.3 Å². The van der Waals surface area contributed by atoms with E-state index in [1.165, 1.54) is 30.5 Å². The average Bonchev–Trinajstić information content (AvgIpc) is 3.01. The van der Waals surface area contributed by atoms with Crippen molar-refractivity contribution in [3.05, 3.63) is 77.5 Å². The predicted molar refractivity (Wildman–Crippen MR) is 145 cm³/mol. The van der Waals surface area contributed by atoms with E-state index in [1.807, 2.05) is 6.07 Å². The molecule has 1 fully saturated rings. The van der Waals surface area contributed by atoms with Crippen LogP contribution in [0.1, 0.15) is 24.1 Å². The van der Waals surface area contributed by atoms with Gasteiger partial charge in [0.25, 0.3) is 12.3 Å². The lowest BCUT2D eigenvalue weighted by Gasteiger charge is -2.41. The number of carbonyl (C=O) groups excluding carboxylic acids is 1. The highest BCUT2D eigenvalue weighted by Crippen LogP contribution is 2.36. The summed E-state index contributed by atoms with van der Waals surface area (Å²) >= 11 is 0. The summed E-state index contributed by atoms with van der Waals surface area (Å²) in [6.07, 6.45) is 0.464. The first kappa shape index (κ1) is 29.3. The Hall–Kier alpha value is -5.19. The van der Waals surface area contributed by atoms with Crippen LogP contribution >= 0.6 is 0 Å². The number of alkyl halides is 2. The molecule has 1 amide bonds. The van der Waals surface area contributed by atoms with Gasteiger partial charge in [-0.3, -0.25) is 14.8 Å². The number of halogens is 5. The highest BCUT2D eigenvalue weighted by molar-refractivity contribution is 5.96. The van der Waals surface area contributed by atoms with Gasteiger partial charge in [0.05, 0.1) is 36.7 Å². The summed E-state index contributed by atoms with van der Waals surface area (Å²) in [7, 11) is 1.25. The second-order valence-electron chi connectivity index (χ2n) is 9.46. The molecule has 0 bridgehead atoms. The van der Waals surface area contributed by atoms with Gasteiger partial charge in [-0.25, -0.2) is 22.0 Å². The summed E-state index contributed by atoms with van der Waals surface area (Å²) in [5.74, 6) is -3.80. The molecular formula is C29H22F5N7O2. The maximum atomic E-state index is 15.9. The van der Waals surface area contributed by atoms with E-state index in [0.29, 0.717) is 0 Å². The molecule has 0 saturated carbocycles. The van der Waals surface area contributed by atoms with Gasteiger partial charge in [0.2, 0.25) is 0 Å². The predicted octanol–water partition coefficient (Wildman–Crippen LogP) is 5.25. The van der Waals surface area contributed by atoms with E-state index in [9.17, 15) is 27.6 Å². The van der Waals surface area contributed by atoms with E-state index >= 15 is 4.39 Å². The van der Waals surface area contributed by atoms with Gasteiger partial charge in [-0.1, -0.05) is 6.07 Å². The van der Waals surface area contributed by atoms with Crippen LogP contribution in [0.2, 0.25) is 0 Å². The Balaban J connectivity index is 1.51. The van der Waals surface area contributed by atoms with Gasteiger partial charge in [-0.05, 0) is 30.3 Å². The van der Waals surface area contributed by atoms with Crippen molar-refractivity contribution in [1.29, 1.82) is 5.26 Å². The molecule has 4 aromatic rings. The molecule has 3 aromatic heterocycles. The van der Waals surface area contributed by atoms with Crippen molar-refractivity contribution in [2.75, 3.05) is 31.6 Å². The van der Waals surface area contributed by atoms with Gasteiger partial charge in [-0.15, -0.1) is 0 Å². The second kappa shape index (κ2) is 12.4. The molecule has 0 N–H and O–H groups in total. The molecule has 0 aliphatic carbocycles. The summed E-state index contributed by atoms with van der Waals surface area (Å²) in [6, 6.07) is 8.26. The number of benzene rings is 1. The Morgan fingerprint density at radius 3 is 2.70 bits per heavy atom. The maximum absolute atomic E-state index is 15.9. The molecule has 1 unspecified atom stereocenters. The number of hydrogen-bond acceptors (Lipinski definition) is 8.